The maximum absolute atomic E-state index is 13.7. The Hall–Kier alpha value is -3.04. The first-order valence-electron chi connectivity index (χ1n) is 13.5. The minimum Gasteiger partial charge on any atom is -0.380 e. The molecule has 1 aliphatic carbocycles. The minimum absolute atomic E-state index is 0.0853. The highest BCUT2D eigenvalue weighted by molar-refractivity contribution is 7.13. The van der Waals surface area contributed by atoms with Crippen molar-refractivity contribution in [1.29, 1.82) is 0 Å². The number of aliphatic hydroxyl groups is 1. The zero-order valence-electron chi connectivity index (χ0n) is 21.9. The van der Waals surface area contributed by atoms with Gasteiger partial charge in [-0.1, -0.05) is 32.0 Å². The van der Waals surface area contributed by atoms with Gasteiger partial charge in [-0.15, -0.1) is 11.3 Å². The molecule has 9 heteroatoms. The Kier molecular flexibility index (Phi) is 7.42. The summed E-state index contributed by atoms with van der Waals surface area (Å²) in [6.45, 7) is 4.22. The zero-order chi connectivity index (χ0) is 27.0. The lowest BCUT2D eigenvalue weighted by molar-refractivity contribution is -0.152. The number of nitrogens with one attached hydrogen (secondary N) is 1. The van der Waals surface area contributed by atoms with Crippen molar-refractivity contribution in [3.05, 3.63) is 47.3 Å². The van der Waals surface area contributed by atoms with E-state index in [0.717, 1.165) is 23.3 Å². The molecule has 3 atom stereocenters. The normalized spacial score (nSPS) is 23.1. The molecule has 0 spiro atoms. The number of thiophene rings is 1. The Morgan fingerprint density at radius 2 is 1.82 bits per heavy atom. The zero-order valence-corrected chi connectivity index (χ0v) is 22.7. The number of amides is 3. The molecule has 3 unspecified atom stereocenters. The van der Waals surface area contributed by atoms with Crippen molar-refractivity contribution in [2.75, 3.05) is 13.1 Å². The van der Waals surface area contributed by atoms with E-state index in [1.807, 2.05) is 43.5 Å². The summed E-state index contributed by atoms with van der Waals surface area (Å²) >= 11 is 1.63. The van der Waals surface area contributed by atoms with Crippen LogP contribution in [-0.4, -0.2) is 75.2 Å². The maximum atomic E-state index is 13.7. The van der Waals surface area contributed by atoms with E-state index in [4.69, 9.17) is 0 Å². The highest BCUT2D eigenvalue weighted by Crippen LogP contribution is 2.37. The second kappa shape index (κ2) is 10.6. The van der Waals surface area contributed by atoms with E-state index in [0.29, 0.717) is 37.8 Å². The summed E-state index contributed by atoms with van der Waals surface area (Å²) in [5, 5.41) is 15.8. The minimum atomic E-state index is -1.40. The Morgan fingerprint density at radius 3 is 2.45 bits per heavy atom. The number of hydrogen-bond acceptors (Lipinski definition) is 6. The molecule has 2 N–H and O–H groups in total. The van der Waals surface area contributed by atoms with Crippen LogP contribution in [0, 0.1) is 5.92 Å². The number of hydrogen-bond donors (Lipinski definition) is 2. The molecule has 202 valence electrons. The van der Waals surface area contributed by atoms with Gasteiger partial charge in [-0.2, -0.15) is 0 Å². The van der Waals surface area contributed by atoms with Crippen molar-refractivity contribution < 1.29 is 24.3 Å². The van der Waals surface area contributed by atoms with Crippen molar-refractivity contribution in [3.63, 3.8) is 0 Å². The van der Waals surface area contributed by atoms with E-state index in [9.17, 15) is 24.3 Å². The largest absolute Gasteiger partial charge is 0.380 e. The van der Waals surface area contributed by atoms with Gasteiger partial charge in [0.15, 0.2) is 5.78 Å². The summed E-state index contributed by atoms with van der Waals surface area (Å²) in [4.78, 5) is 57.3. The van der Waals surface area contributed by atoms with Crippen LogP contribution in [-0.2, 0) is 14.4 Å². The van der Waals surface area contributed by atoms with Crippen LogP contribution in [0.3, 0.4) is 0 Å². The van der Waals surface area contributed by atoms with Crippen LogP contribution >= 0.6 is 11.3 Å². The third-order valence-corrected chi connectivity index (χ3v) is 8.98. The SMILES string of the molecule is CC(C)CC(NC(=O)c1ccc(-c2cccs2)cc1)C(=O)N1CCC2C1C(=O)CN2C(=O)C1(O)CCCC1. The number of benzene rings is 1. The topological polar surface area (TPSA) is 107 Å². The van der Waals surface area contributed by atoms with Crippen LogP contribution in [0.15, 0.2) is 41.8 Å². The van der Waals surface area contributed by atoms with E-state index in [1.54, 1.807) is 28.4 Å². The molecule has 1 saturated carbocycles. The van der Waals surface area contributed by atoms with Gasteiger partial charge in [0.1, 0.15) is 17.7 Å². The molecular weight excluding hydrogens is 502 g/mol. The fraction of sp³-hybridized carbons (Fsp3) is 0.517. The number of likely N-dealkylation sites (tertiary alicyclic amines) is 2. The fourth-order valence-corrected chi connectivity index (χ4v) is 6.88. The van der Waals surface area contributed by atoms with Gasteiger partial charge in [0.25, 0.3) is 11.8 Å². The molecule has 1 aromatic carbocycles. The molecule has 3 heterocycles. The first-order valence-corrected chi connectivity index (χ1v) is 14.4. The molecular formula is C29H35N3O5S. The number of Topliss-reactive ketones (excluding diaryl/α,β-unsaturated/α-hetero) is 1. The molecule has 0 radical (unpaired) electrons. The Bertz CT molecular complexity index is 1200. The molecule has 2 aliphatic heterocycles. The van der Waals surface area contributed by atoms with Crippen molar-refractivity contribution in [2.24, 2.45) is 5.92 Å². The molecule has 3 aliphatic rings. The second-order valence-electron chi connectivity index (χ2n) is 11.2. The summed E-state index contributed by atoms with van der Waals surface area (Å²) in [5.74, 6) is -1.07. The number of carbonyl (C=O) groups is 4. The van der Waals surface area contributed by atoms with Crippen molar-refractivity contribution in [3.8, 4) is 10.4 Å². The molecule has 1 aromatic heterocycles. The number of carbonyl (C=O) groups excluding carboxylic acids is 4. The lowest BCUT2D eigenvalue weighted by atomic mass is 9.99. The van der Waals surface area contributed by atoms with Crippen LogP contribution in [0.5, 0.6) is 0 Å². The van der Waals surface area contributed by atoms with Crippen LogP contribution in [0.25, 0.3) is 10.4 Å². The van der Waals surface area contributed by atoms with E-state index in [1.165, 1.54) is 4.90 Å². The predicted octanol–water partition coefficient (Wildman–Crippen LogP) is 3.25. The molecule has 2 aromatic rings. The molecule has 3 fully saturated rings. The summed E-state index contributed by atoms with van der Waals surface area (Å²) in [7, 11) is 0. The van der Waals surface area contributed by atoms with Gasteiger partial charge in [0.2, 0.25) is 5.91 Å². The van der Waals surface area contributed by atoms with E-state index in [2.05, 4.69) is 5.32 Å². The predicted molar refractivity (Wildman–Crippen MR) is 145 cm³/mol. The number of nitrogens with zero attached hydrogens (tertiary/aromatic N) is 2. The standard InChI is InChI=1S/C29H35N3O5S/c1-18(2)16-21(30-26(34)20-9-7-19(8-10-20)24-6-5-15-38-24)27(35)31-14-11-22-25(31)23(33)17-32(22)28(36)29(37)12-3-4-13-29/h5-10,15,18,21-22,25,37H,3-4,11-14,16-17H2,1-2H3,(H,30,34). The number of fused-ring (bicyclic) bond motifs is 1. The molecule has 3 amide bonds. The van der Waals surface area contributed by atoms with E-state index < -0.39 is 23.7 Å². The van der Waals surface area contributed by atoms with Gasteiger partial charge in [-0.05, 0) is 73.6 Å². The van der Waals surface area contributed by atoms with Gasteiger partial charge < -0.3 is 20.2 Å². The molecule has 5 rings (SSSR count). The summed E-state index contributed by atoms with van der Waals surface area (Å²) in [6.07, 6.45) is 3.31. The Balaban J connectivity index is 1.29. The average molecular weight is 538 g/mol. The van der Waals surface area contributed by atoms with Gasteiger partial charge >= 0.3 is 0 Å². The van der Waals surface area contributed by atoms with E-state index in [-0.39, 0.29) is 36.0 Å². The summed E-state index contributed by atoms with van der Waals surface area (Å²) in [6, 6.07) is 9.36. The molecule has 2 saturated heterocycles. The van der Waals surface area contributed by atoms with Crippen LogP contribution in [0.2, 0.25) is 0 Å². The Labute approximate surface area is 227 Å². The maximum Gasteiger partial charge on any atom is 0.255 e. The van der Waals surface area contributed by atoms with Gasteiger partial charge in [-0.3, -0.25) is 19.2 Å². The van der Waals surface area contributed by atoms with Crippen molar-refractivity contribution >= 4 is 34.8 Å². The second-order valence-corrected chi connectivity index (χ2v) is 12.1. The number of rotatable bonds is 7. The highest BCUT2D eigenvalue weighted by atomic mass is 32.1. The number of ketones is 1. The highest BCUT2D eigenvalue weighted by Gasteiger charge is 2.55. The monoisotopic (exact) mass is 537 g/mol. The van der Waals surface area contributed by atoms with E-state index >= 15 is 0 Å². The quantitative estimate of drug-likeness (QED) is 0.564. The van der Waals surface area contributed by atoms with Crippen molar-refractivity contribution in [2.45, 2.75) is 76.1 Å². The average Bonchev–Trinajstić information content (AvgIpc) is 3.69. The summed E-state index contributed by atoms with van der Waals surface area (Å²) < 4.78 is 0. The molecule has 0 bridgehead atoms. The van der Waals surface area contributed by atoms with Crippen LogP contribution in [0.4, 0.5) is 0 Å². The molecule has 38 heavy (non-hydrogen) atoms. The first-order chi connectivity index (χ1) is 18.2. The lowest BCUT2D eigenvalue weighted by Gasteiger charge is -2.31. The first kappa shape index (κ1) is 26.6. The van der Waals surface area contributed by atoms with Gasteiger partial charge in [0, 0.05) is 17.0 Å². The van der Waals surface area contributed by atoms with Gasteiger partial charge in [-0.25, -0.2) is 0 Å². The van der Waals surface area contributed by atoms with Crippen molar-refractivity contribution in [1.82, 2.24) is 15.1 Å². The third kappa shape index (κ3) is 5.01. The Morgan fingerprint density at radius 1 is 1.11 bits per heavy atom. The van der Waals surface area contributed by atoms with Gasteiger partial charge in [0.05, 0.1) is 12.6 Å². The van der Waals surface area contributed by atoms with Crippen LogP contribution in [0.1, 0.15) is 62.7 Å². The smallest absolute Gasteiger partial charge is 0.255 e. The third-order valence-electron chi connectivity index (χ3n) is 8.06. The summed E-state index contributed by atoms with van der Waals surface area (Å²) in [5.41, 5.74) is 0.0834. The van der Waals surface area contributed by atoms with Crippen LogP contribution < -0.4 is 5.32 Å². The molecule has 8 nitrogen and oxygen atoms in total. The lowest BCUT2D eigenvalue weighted by Crippen LogP contribution is -2.53. The fourth-order valence-electron chi connectivity index (χ4n) is 6.14.